The average Bonchev–Trinajstić information content (AvgIpc) is 3.35. The molecule has 0 bridgehead atoms. The van der Waals surface area contributed by atoms with E-state index >= 15 is 0 Å². The van der Waals surface area contributed by atoms with Gasteiger partial charge < -0.3 is 10.6 Å². The highest BCUT2D eigenvalue weighted by atomic mass is 16.2. The van der Waals surface area contributed by atoms with Crippen molar-refractivity contribution < 1.29 is 9.59 Å². The van der Waals surface area contributed by atoms with E-state index < -0.39 is 5.54 Å². The Bertz CT molecular complexity index is 897. The van der Waals surface area contributed by atoms with Gasteiger partial charge in [0.05, 0.1) is 5.92 Å². The Morgan fingerprint density at radius 1 is 1.15 bits per heavy atom. The van der Waals surface area contributed by atoms with E-state index in [-0.39, 0.29) is 17.7 Å². The Balaban J connectivity index is 1.50. The number of amides is 2. The van der Waals surface area contributed by atoms with Crippen LogP contribution in [0.3, 0.4) is 0 Å². The number of fused-ring (bicyclic) bond motifs is 4. The fraction of sp³-hybridized carbons (Fsp3) is 0.364. The van der Waals surface area contributed by atoms with Crippen LogP contribution in [-0.4, -0.2) is 29.3 Å². The zero-order valence-corrected chi connectivity index (χ0v) is 15.2. The van der Waals surface area contributed by atoms with Crippen molar-refractivity contribution in [2.24, 2.45) is 5.92 Å². The van der Waals surface area contributed by atoms with Crippen molar-refractivity contribution in [2.75, 3.05) is 11.9 Å². The first kappa shape index (κ1) is 16.5. The lowest BCUT2D eigenvalue weighted by Gasteiger charge is -2.36. The van der Waals surface area contributed by atoms with Gasteiger partial charge in [-0.15, -0.1) is 0 Å². The molecule has 0 aliphatic carbocycles. The molecule has 5 rings (SSSR count). The van der Waals surface area contributed by atoms with Crippen LogP contribution in [0.25, 0.3) is 0 Å². The van der Waals surface area contributed by atoms with Crippen LogP contribution in [0.5, 0.6) is 0 Å². The summed E-state index contributed by atoms with van der Waals surface area (Å²) in [6.45, 7) is 1.36. The van der Waals surface area contributed by atoms with Gasteiger partial charge >= 0.3 is 0 Å². The predicted octanol–water partition coefficient (Wildman–Crippen LogP) is 2.63. The topological polar surface area (TPSA) is 61.4 Å². The number of benzene rings is 2. The summed E-state index contributed by atoms with van der Waals surface area (Å²) >= 11 is 0. The summed E-state index contributed by atoms with van der Waals surface area (Å²) in [5.41, 5.74) is 2.00. The molecule has 0 unspecified atom stereocenters. The molecular formula is C22H23N3O2. The summed E-state index contributed by atoms with van der Waals surface area (Å²) in [5, 5.41) is 6.13. The zero-order chi connectivity index (χ0) is 18.4. The van der Waals surface area contributed by atoms with Crippen molar-refractivity contribution in [3.8, 4) is 0 Å². The maximum Gasteiger partial charge on any atom is 0.250 e. The normalized spacial score (nSPS) is 28.8. The van der Waals surface area contributed by atoms with Gasteiger partial charge in [0.15, 0.2) is 0 Å². The number of carbonyl (C=O) groups is 2. The molecule has 2 aromatic rings. The molecule has 1 spiro atoms. The molecule has 5 nitrogen and oxygen atoms in total. The molecule has 3 aliphatic heterocycles. The van der Waals surface area contributed by atoms with E-state index in [1.165, 1.54) is 0 Å². The SMILES string of the molecule is O=C(NCc1ccccc1)[C@H]1C[C@H]2CCCN2[C@@]12C(=O)Nc1ccccc12. The van der Waals surface area contributed by atoms with Crippen LogP contribution >= 0.6 is 0 Å². The van der Waals surface area contributed by atoms with E-state index in [4.69, 9.17) is 0 Å². The molecule has 2 aromatic carbocycles. The maximum absolute atomic E-state index is 13.3. The Labute approximate surface area is 158 Å². The third kappa shape index (κ3) is 2.34. The van der Waals surface area contributed by atoms with E-state index in [2.05, 4.69) is 15.5 Å². The number of nitrogens with one attached hydrogen (secondary N) is 2. The second-order valence-electron chi connectivity index (χ2n) is 7.75. The molecule has 0 saturated carbocycles. The van der Waals surface area contributed by atoms with Crippen molar-refractivity contribution >= 4 is 17.5 Å². The van der Waals surface area contributed by atoms with Crippen LogP contribution in [0.2, 0.25) is 0 Å². The molecule has 0 radical (unpaired) electrons. The van der Waals surface area contributed by atoms with Gasteiger partial charge in [0, 0.05) is 23.8 Å². The number of hydrogen-bond donors (Lipinski definition) is 2. The van der Waals surface area contributed by atoms with E-state index in [0.717, 1.165) is 42.6 Å². The molecule has 3 atom stereocenters. The lowest BCUT2D eigenvalue weighted by molar-refractivity contribution is -0.137. The molecule has 2 saturated heterocycles. The quantitative estimate of drug-likeness (QED) is 0.884. The summed E-state index contributed by atoms with van der Waals surface area (Å²) in [5.74, 6) is -0.441. The smallest absolute Gasteiger partial charge is 0.250 e. The van der Waals surface area contributed by atoms with Gasteiger partial charge in [0.2, 0.25) is 11.8 Å². The number of hydrogen-bond acceptors (Lipinski definition) is 3. The molecule has 5 heteroatoms. The van der Waals surface area contributed by atoms with Gasteiger partial charge in [0.25, 0.3) is 0 Å². The second kappa shape index (κ2) is 6.20. The summed E-state index contributed by atoms with van der Waals surface area (Å²) in [6.07, 6.45) is 2.88. The standard InChI is InChI=1S/C22H23N3O2/c26-20(23-14-15-7-2-1-3-8-15)18-13-16-9-6-12-25(16)22(18)17-10-4-5-11-19(17)24-21(22)27/h1-5,7-8,10-11,16,18H,6,9,12-14H2,(H,23,26)(H,24,27)/t16-,18-,22-/m1/s1. The predicted molar refractivity (Wildman–Crippen MR) is 103 cm³/mol. The Kier molecular flexibility index (Phi) is 3.79. The molecule has 2 fully saturated rings. The molecule has 27 heavy (non-hydrogen) atoms. The minimum atomic E-state index is -0.863. The summed E-state index contributed by atoms with van der Waals surface area (Å²) < 4.78 is 0. The molecule has 0 aromatic heterocycles. The third-order valence-electron chi connectivity index (χ3n) is 6.40. The Morgan fingerprint density at radius 2 is 1.93 bits per heavy atom. The molecule has 2 amide bonds. The molecule has 3 heterocycles. The fourth-order valence-electron chi connectivity index (χ4n) is 5.29. The fourth-order valence-corrected chi connectivity index (χ4v) is 5.29. The number of rotatable bonds is 3. The summed E-state index contributed by atoms with van der Waals surface area (Å²) in [7, 11) is 0. The van der Waals surface area contributed by atoms with Crippen molar-refractivity contribution in [1.82, 2.24) is 10.2 Å². The largest absolute Gasteiger partial charge is 0.352 e. The second-order valence-corrected chi connectivity index (χ2v) is 7.75. The van der Waals surface area contributed by atoms with Crippen LogP contribution in [0.15, 0.2) is 54.6 Å². The van der Waals surface area contributed by atoms with Gasteiger partial charge in [-0.05, 0) is 37.4 Å². The minimum Gasteiger partial charge on any atom is -0.352 e. The highest BCUT2D eigenvalue weighted by molar-refractivity contribution is 6.09. The number of anilines is 1. The minimum absolute atomic E-state index is 0.0277. The van der Waals surface area contributed by atoms with Crippen molar-refractivity contribution in [2.45, 2.75) is 37.4 Å². The van der Waals surface area contributed by atoms with Crippen LogP contribution < -0.4 is 10.6 Å². The first-order valence-corrected chi connectivity index (χ1v) is 9.70. The third-order valence-corrected chi connectivity index (χ3v) is 6.40. The monoisotopic (exact) mass is 361 g/mol. The molecular weight excluding hydrogens is 338 g/mol. The molecule has 138 valence electrons. The van der Waals surface area contributed by atoms with E-state index in [1.807, 2.05) is 54.6 Å². The van der Waals surface area contributed by atoms with E-state index in [9.17, 15) is 9.59 Å². The Hall–Kier alpha value is -2.66. The maximum atomic E-state index is 13.3. The van der Waals surface area contributed by atoms with Crippen LogP contribution in [0.1, 0.15) is 30.4 Å². The summed E-state index contributed by atoms with van der Waals surface area (Å²) in [4.78, 5) is 28.8. The van der Waals surface area contributed by atoms with Crippen LogP contribution in [0, 0.1) is 5.92 Å². The van der Waals surface area contributed by atoms with Crippen LogP contribution in [-0.2, 0) is 21.7 Å². The highest BCUT2D eigenvalue weighted by Crippen LogP contribution is 2.55. The first-order valence-electron chi connectivity index (χ1n) is 9.70. The van der Waals surface area contributed by atoms with Gasteiger partial charge in [-0.25, -0.2) is 0 Å². The van der Waals surface area contributed by atoms with Crippen molar-refractivity contribution in [1.29, 1.82) is 0 Å². The van der Waals surface area contributed by atoms with Crippen molar-refractivity contribution in [3.05, 3.63) is 65.7 Å². The first-order chi connectivity index (χ1) is 13.2. The highest BCUT2D eigenvalue weighted by Gasteiger charge is 2.65. The van der Waals surface area contributed by atoms with Crippen LogP contribution in [0.4, 0.5) is 5.69 Å². The van der Waals surface area contributed by atoms with Gasteiger partial charge in [0.1, 0.15) is 5.54 Å². The van der Waals surface area contributed by atoms with Gasteiger partial charge in [-0.2, -0.15) is 0 Å². The number of carbonyl (C=O) groups excluding carboxylic acids is 2. The average molecular weight is 361 g/mol. The van der Waals surface area contributed by atoms with E-state index in [0.29, 0.717) is 12.6 Å². The lowest BCUT2D eigenvalue weighted by atomic mass is 9.78. The number of nitrogens with zero attached hydrogens (tertiary/aromatic N) is 1. The number of para-hydroxylation sites is 1. The molecule has 3 aliphatic rings. The molecule has 2 N–H and O–H groups in total. The zero-order valence-electron chi connectivity index (χ0n) is 15.2. The summed E-state index contributed by atoms with van der Waals surface area (Å²) in [6, 6.07) is 18.0. The van der Waals surface area contributed by atoms with Gasteiger partial charge in [-0.3, -0.25) is 14.5 Å². The van der Waals surface area contributed by atoms with E-state index in [1.54, 1.807) is 0 Å². The van der Waals surface area contributed by atoms with Gasteiger partial charge in [-0.1, -0.05) is 48.5 Å². The lowest BCUT2D eigenvalue weighted by Crippen LogP contribution is -2.54. The Morgan fingerprint density at radius 3 is 2.78 bits per heavy atom. The van der Waals surface area contributed by atoms with Crippen molar-refractivity contribution in [3.63, 3.8) is 0 Å².